The summed E-state index contributed by atoms with van der Waals surface area (Å²) in [6.07, 6.45) is 9.22. The van der Waals surface area contributed by atoms with Crippen molar-refractivity contribution in [3.63, 3.8) is 0 Å². The third-order valence-electron chi connectivity index (χ3n) is 6.88. The SMILES string of the molecule is COC(=O)C1=C(C)C(C)(C/C=C(\C)CCC=C(C)CCC2OC2(C)C)C(=O)C(C)=C1O. The number of ketones is 1. The Morgan fingerprint density at radius 1 is 1.13 bits per heavy atom. The molecule has 5 nitrogen and oxygen atoms in total. The molecule has 1 fully saturated rings. The molecule has 5 heteroatoms. The van der Waals surface area contributed by atoms with Gasteiger partial charge < -0.3 is 14.6 Å². The normalized spacial score (nSPS) is 26.5. The molecule has 1 saturated heterocycles. The zero-order chi connectivity index (χ0) is 23.6. The van der Waals surface area contributed by atoms with Gasteiger partial charge in [0.2, 0.25) is 0 Å². The average molecular weight is 431 g/mol. The summed E-state index contributed by atoms with van der Waals surface area (Å²) in [6, 6.07) is 0. The number of esters is 1. The van der Waals surface area contributed by atoms with Crippen LogP contribution in [-0.2, 0) is 19.1 Å². The second-order valence-electron chi connectivity index (χ2n) is 9.72. The smallest absolute Gasteiger partial charge is 0.341 e. The molecule has 31 heavy (non-hydrogen) atoms. The van der Waals surface area contributed by atoms with Crippen LogP contribution in [-0.4, -0.2) is 35.7 Å². The van der Waals surface area contributed by atoms with E-state index in [0.717, 1.165) is 25.7 Å². The fourth-order valence-corrected chi connectivity index (χ4v) is 4.16. The molecule has 0 saturated carbocycles. The molecule has 0 aromatic heterocycles. The first kappa shape index (κ1) is 25.1. The van der Waals surface area contributed by atoms with Gasteiger partial charge in [0.15, 0.2) is 5.78 Å². The van der Waals surface area contributed by atoms with Gasteiger partial charge in [-0.2, -0.15) is 0 Å². The van der Waals surface area contributed by atoms with E-state index < -0.39 is 11.4 Å². The highest BCUT2D eigenvalue weighted by Crippen LogP contribution is 2.43. The summed E-state index contributed by atoms with van der Waals surface area (Å²) in [5.41, 5.74) is 2.63. The van der Waals surface area contributed by atoms with Gasteiger partial charge in [0.25, 0.3) is 0 Å². The van der Waals surface area contributed by atoms with Crippen LogP contribution < -0.4 is 0 Å². The molecule has 0 aromatic rings. The second-order valence-corrected chi connectivity index (χ2v) is 9.72. The molecule has 0 amide bonds. The van der Waals surface area contributed by atoms with Gasteiger partial charge in [-0.05, 0) is 86.1 Å². The lowest BCUT2D eigenvalue weighted by Gasteiger charge is -2.34. The molecule has 1 aliphatic carbocycles. The Balaban J connectivity index is 2.00. The maximum absolute atomic E-state index is 13.0. The summed E-state index contributed by atoms with van der Waals surface area (Å²) in [5.74, 6) is -1.04. The Kier molecular flexibility index (Phi) is 7.75. The third-order valence-corrected chi connectivity index (χ3v) is 6.88. The molecule has 2 rings (SSSR count). The number of methoxy groups -OCH3 is 1. The first-order valence-corrected chi connectivity index (χ1v) is 11.1. The number of hydrogen-bond acceptors (Lipinski definition) is 5. The van der Waals surface area contributed by atoms with E-state index in [0.29, 0.717) is 18.1 Å². The molecule has 2 unspecified atom stereocenters. The largest absolute Gasteiger partial charge is 0.507 e. The Hall–Kier alpha value is -2.14. The van der Waals surface area contributed by atoms with E-state index >= 15 is 0 Å². The number of aliphatic hydroxyl groups excluding tert-OH is 1. The highest BCUT2D eigenvalue weighted by Gasteiger charge is 2.47. The number of allylic oxidation sites excluding steroid dienone is 6. The van der Waals surface area contributed by atoms with E-state index in [1.807, 2.05) is 6.92 Å². The van der Waals surface area contributed by atoms with Crippen LogP contribution in [0.2, 0.25) is 0 Å². The summed E-state index contributed by atoms with van der Waals surface area (Å²) in [4.78, 5) is 25.2. The minimum Gasteiger partial charge on any atom is -0.507 e. The first-order valence-electron chi connectivity index (χ1n) is 11.1. The molecule has 0 bridgehead atoms. The molecule has 1 N–H and O–H groups in total. The lowest BCUT2D eigenvalue weighted by atomic mass is 9.68. The molecule has 172 valence electrons. The van der Waals surface area contributed by atoms with Crippen LogP contribution in [0.3, 0.4) is 0 Å². The lowest BCUT2D eigenvalue weighted by Crippen LogP contribution is -2.36. The Morgan fingerprint density at radius 3 is 2.26 bits per heavy atom. The lowest BCUT2D eigenvalue weighted by molar-refractivity contribution is -0.136. The summed E-state index contributed by atoms with van der Waals surface area (Å²) < 4.78 is 10.5. The zero-order valence-corrected chi connectivity index (χ0v) is 20.3. The van der Waals surface area contributed by atoms with E-state index in [1.54, 1.807) is 13.8 Å². The van der Waals surface area contributed by atoms with E-state index in [9.17, 15) is 14.7 Å². The number of carbonyl (C=O) groups excluding carboxylic acids is 2. The maximum Gasteiger partial charge on any atom is 0.341 e. The van der Waals surface area contributed by atoms with E-state index in [1.165, 1.54) is 18.3 Å². The summed E-state index contributed by atoms with van der Waals surface area (Å²) >= 11 is 0. The standard InChI is InChI=1S/C26H38O5/c1-16(12-13-20-25(5,6)31-20)10-9-11-17(2)14-15-26(7)19(4)21(24(29)30-8)22(27)18(3)23(26)28/h10,14,20,27H,9,11-13,15H2,1-8H3/b16-10?,17-14+. The monoisotopic (exact) mass is 430 g/mol. The average Bonchev–Trinajstić information content (AvgIpc) is 3.34. The van der Waals surface area contributed by atoms with Crippen LogP contribution in [0.4, 0.5) is 0 Å². The number of Topliss-reactive ketones (excluding diaryl/α,β-unsaturated/α-hetero) is 1. The number of rotatable bonds is 9. The van der Waals surface area contributed by atoms with Gasteiger partial charge >= 0.3 is 5.97 Å². The van der Waals surface area contributed by atoms with Crippen LogP contribution >= 0.6 is 0 Å². The van der Waals surface area contributed by atoms with Gasteiger partial charge in [-0.1, -0.05) is 23.3 Å². The Labute approximate surface area is 186 Å². The van der Waals surface area contributed by atoms with E-state index in [2.05, 4.69) is 39.8 Å². The van der Waals surface area contributed by atoms with Crippen molar-refractivity contribution in [3.8, 4) is 0 Å². The van der Waals surface area contributed by atoms with Gasteiger partial charge in [0, 0.05) is 5.57 Å². The number of hydrogen-bond donors (Lipinski definition) is 1. The van der Waals surface area contributed by atoms with Crippen LogP contribution in [0.5, 0.6) is 0 Å². The minimum atomic E-state index is -0.871. The van der Waals surface area contributed by atoms with Crippen LogP contribution in [0.25, 0.3) is 0 Å². The van der Waals surface area contributed by atoms with Crippen LogP contribution in [0.15, 0.2) is 45.8 Å². The number of carbonyl (C=O) groups is 2. The predicted octanol–water partition coefficient (Wildman–Crippen LogP) is 5.92. The quantitative estimate of drug-likeness (QED) is 0.279. The fraction of sp³-hybridized carbons (Fsp3) is 0.615. The zero-order valence-electron chi connectivity index (χ0n) is 20.3. The molecular weight excluding hydrogens is 392 g/mol. The molecule has 1 heterocycles. The van der Waals surface area contributed by atoms with Crippen molar-refractivity contribution in [2.24, 2.45) is 5.41 Å². The highest BCUT2D eigenvalue weighted by molar-refractivity contribution is 6.08. The highest BCUT2D eigenvalue weighted by atomic mass is 16.6. The molecule has 0 aromatic carbocycles. The third kappa shape index (κ3) is 5.57. The predicted molar refractivity (Wildman–Crippen MR) is 123 cm³/mol. The van der Waals surface area contributed by atoms with Crippen molar-refractivity contribution in [1.29, 1.82) is 0 Å². The topological polar surface area (TPSA) is 76.1 Å². The summed E-state index contributed by atoms with van der Waals surface area (Å²) in [6.45, 7) is 13.6. The van der Waals surface area contributed by atoms with Gasteiger partial charge in [-0.25, -0.2) is 4.79 Å². The fourth-order valence-electron chi connectivity index (χ4n) is 4.16. The molecule has 1 aliphatic heterocycles. The molecular formula is C26H38O5. The van der Waals surface area contributed by atoms with Crippen LogP contribution in [0.1, 0.15) is 80.6 Å². The van der Waals surface area contributed by atoms with Crippen molar-refractivity contribution in [2.45, 2.75) is 92.3 Å². The van der Waals surface area contributed by atoms with Gasteiger partial charge in [-0.3, -0.25) is 4.79 Å². The molecule has 2 aliphatic rings. The first-order chi connectivity index (χ1) is 14.3. The van der Waals surface area contributed by atoms with Crippen molar-refractivity contribution < 1.29 is 24.2 Å². The Morgan fingerprint density at radius 2 is 1.71 bits per heavy atom. The van der Waals surface area contributed by atoms with Crippen molar-refractivity contribution in [2.75, 3.05) is 7.11 Å². The summed E-state index contributed by atoms with van der Waals surface area (Å²) in [7, 11) is 1.27. The van der Waals surface area contributed by atoms with Gasteiger partial charge in [0.05, 0.1) is 24.2 Å². The number of aliphatic hydroxyl groups is 1. The van der Waals surface area contributed by atoms with Crippen molar-refractivity contribution in [3.05, 3.63) is 45.8 Å². The number of epoxide rings is 1. The molecule has 0 radical (unpaired) electrons. The van der Waals surface area contributed by atoms with Crippen molar-refractivity contribution in [1.82, 2.24) is 0 Å². The minimum absolute atomic E-state index is 0.0525. The maximum atomic E-state index is 13.0. The Bertz CT molecular complexity index is 868. The van der Waals surface area contributed by atoms with Crippen molar-refractivity contribution >= 4 is 11.8 Å². The van der Waals surface area contributed by atoms with E-state index in [4.69, 9.17) is 9.47 Å². The van der Waals surface area contributed by atoms with Crippen LogP contribution in [0, 0.1) is 5.41 Å². The second kappa shape index (κ2) is 9.56. The molecule has 0 spiro atoms. The summed E-state index contributed by atoms with van der Waals surface area (Å²) in [5, 5.41) is 10.3. The van der Waals surface area contributed by atoms with Gasteiger partial charge in [-0.15, -0.1) is 0 Å². The van der Waals surface area contributed by atoms with E-state index in [-0.39, 0.29) is 28.3 Å². The molecule has 2 atom stereocenters. The number of ether oxygens (including phenoxy) is 2. The van der Waals surface area contributed by atoms with Gasteiger partial charge in [0.1, 0.15) is 11.3 Å².